The molecule has 1 aromatic heterocycles. The number of hydrogen-bond donors (Lipinski definition) is 1. The number of para-hydroxylation sites is 1. The van der Waals surface area contributed by atoms with Gasteiger partial charge in [-0.25, -0.2) is 9.59 Å². The van der Waals surface area contributed by atoms with Crippen molar-refractivity contribution in [1.82, 2.24) is 4.98 Å². The summed E-state index contributed by atoms with van der Waals surface area (Å²) < 4.78 is 14.9. The highest BCUT2D eigenvalue weighted by Gasteiger charge is 2.19. The Hall–Kier alpha value is -2.24. The number of nitrogens with one attached hydrogen (secondary N) is 1. The van der Waals surface area contributed by atoms with Gasteiger partial charge in [-0.15, -0.1) is 0 Å². The fourth-order valence-electron chi connectivity index (χ4n) is 1.39. The van der Waals surface area contributed by atoms with E-state index >= 15 is 0 Å². The van der Waals surface area contributed by atoms with Crippen molar-refractivity contribution in [2.24, 2.45) is 0 Å². The number of hydrogen-bond acceptors (Lipinski definition) is 5. The minimum absolute atomic E-state index is 0.188. The zero-order chi connectivity index (χ0) is 13.3. The van der Waals surface area contributed by atoms with Gasteiger partial charge in [-0.2, -0.15) is 0 Å². The Bertz CT molecular complexity index is 632. The van der Waals surface area contributed by atoms with Crippen LogP contribution in [0.4, 0.5) is 4.79 Å². The third-order valence-electron chi connectivity index (χ3n) is 2.00. The first-order valence-electron chi connectivity index (χ1n) is 5.38. The molecule has 0 aliphatic heterocycles. The molecule has 0 amide bonds. The molecule has 0 aliphatic carbocycles. The molecule has 0 atom stereocenters. The smallest absolute Gasteiger partial charge is 0.428 e. The molecule has 96 valence electrons. The van der Waals surface area contributed by atoms with Crippen molar-refractivity contribution in [3.05, 3.63) is 28.7 Å². The maximum absolute atomic E-state index is 11.5. The third kappa shape index (κ3) is 2.71. The first-order valence-corrected chi connectivity index (χ1v) is 5.38. The second-order valence-electron chi connectivity index (χ2n) is 4.71. The Kier molecular flexibility index (Phi) is 2.86. The summed E-state index contributed by atoms with van der Waals surface area (Å²) in [6.07, 6.45) is -0.836. The topological polar surface area (TPSA) is 81.5 Å². The highest BCUT2D eigenvalue weighted by Crippen LogP contribution is 2.23. The summed E-state index contributed by atoms with van der Waals surface area (Å²) in [6.45, 7) is 5.19. The van der Waals surface area contributed by atoms with Crippen LogP contribution in [-0.2, 0) is 4.74 Å². The molecule has 2 aromatic rings. The summed E-state index contributed by atoms with van der Waals surface area (Å²) in [5.41, 5.74) is 0.00355. The zero-order valence-corrected chi connectivity index (χ0v) is 10.3. The SMILES string of the molecule is CC(C)(C)OC(=O)Oc1cccc2oc(=O)[nH]c12. The number of oxazole rings is 1. The van der Waals surface area contributed by atoms with Crippen molar-refractivity contribution < 1.29 is 18.7 Å². The average molecular weight is 251 g/mol. The summed E-state index contributed by atoms with van der Waals surface area (Å²) in [6, 6.07) is 4.74. The molecule has 0 spiro atoms. The minimum atomic E-state index is -0.836. The Morgan fingerprint density at radius 3 is 2.72 bits per heavy atom. The van der Waals surface area contributed by atoms with E-state index in [0.29, 0.717) is 11.1 Å². The number of carbonyl (C=O) groups is 1. The molecule has 1 N–H and O–H groups in total. The van der Waals surface area contributed by atoms with E-state index in [0.717, 1.165) is 0 Å². The largest absolute Gasteiger partial charge is 0.514 e. The van der Waals surface area contributed by atoms with Crippen LogP contribution in [0.15, 0.2) is 27.4 Å². The minimum Gasteiger partial charge on any atom is -0.428 e. The van der Waals surface area contributed by atoms with Crippen molar-refractivity contribution in [1.29, 1.82) is 0 Å². The Labute approximate surface area is 103 Å². The van der Waals surface area contributed by atoms with Crippen molar-refractivity contribution in [3.63, 3.8) is 0 Å². The van der Waals surface area contributed by atoms with Crippen LogP contribution in [0.5, 0.6) is 5.75 Å². The number of benzene rings is 1. The highest BCUT2D eigenvalue weighted by molar-refractivity contribution is 5.81. The number of ether oxygens (including phenoxy) is 2. The number of H-pyrrole nitrogens is 1. The van der Waals surface area contributed by atoms with Gasteiger partial charge in [0.25, 0.3) is 0 Å². The van der Waals surface area contributed by atoms with Crippen molar-refractivity contribution in [2.75, 3.05) is 0 Å². The lowest BCUT2D eigenvalue weighted by atomic mass is 10.2. The highest BCUT2D eigenvalue weighted by atomic mass is 16.7. The molecule has 2 rings (SSSR count). The van der Waals surface area contributed by atoms with E-state index in [2.05, 4.69) is 4.98 Å². The molecule has 1 aromatic carbocycles. The normalized spacial score (nSPS) is 11.5. The maximum Gasteiger partial charge on any atom is 0.514 e. The molecule has 1 heterocycles. The van der Waals surface area contributed by atoms with Gasteiger partial charge in [0, 0.05) is 0 Å². The molecular weight excluding hydrogens is 238 g/mol. The number of aromatic amines is 1. The van der Waals surface area contributed by atoms with Crippen LogP contribution in [0.25, 0.3) is 11.1 Å². The number of fused-ring (bicyclic) bond motifs is 1. The molecule has 6 heteroatoms. The van der Waals surface area contributed by atoms with Gasteiger partial charge in [0.2, 0.25) is 0 Å². The Balaban J connectivity index is 2.27. The monoisotopic (exact) mass is 251 g/mol. The first-order chi connectivity index (χ1) is 8.35. The van der Waals surface area contributed by atoms with Gasteiger partial charge in [-0.05, 0) is 32.9 Å². The van der Waals surface area contributed by atoms with E-state index in [1.165, 1.54) is 6.07 Å². The lowest BCUT2D eigenvalue weighted by Gasteiger charge is -2.18. The van der Waals surface area contributed by atoms with E-state index in [4.69, 9.17) is 13.9 Å². The van der Waals surface area contributed by atoms with Gasteiger partial charge >= 0.3 is 11.9 Å². The molecule has 18 heavy (non-hydrogen) atoms. The molecule has 0 unspecified atom stereocenters. The summed E-state index contributed by atoms with van der Waals surface area (Å²) in [7, 11) is 0. The van der Waals surface area contributed by atoms with Crippen molar-refractivity contribution >= 4 is 17.3 Å². The van der Waals surface area contributed by atoms with Gasteiger partial charge < -0.3 is 13.9 Å². The zero-order valence-electron chi connectivity index (χ0n) is 10.3. The average Bonchev–Trinajstić information content (AvgIpc) is 2.56. The predicted octanol–water partition coefficient (Wildman–Crippen LogP) is 2.43. The maximum atomic E-state index is 11.5. The van der Waals surface area contributed by atoms with Crippen LogP contribution in [0.1, 0.15) is 20.8 Å². The summed E-state index contributed by atoms with van der Waals surface area (Å²) in [4.78, 5) is 25.0. The Morgan fingerprint density at radius 1 is 1.33 bits per heavy atom. The third-order valence-corrected chi connectivity index (χ3v) is 2.00. The van der Waals surface area contributed by atoms with E-state index in [9.17, 15) is 9.59 Å². The van der Waals surface area contributed by atoms with Crippen LogP contribution in [-0.4, -0.2) is 16.7 Å². The standard InChI is InChI=1S/C12H13NO5/c1-12(2,3)18-11(15)17-8-6-4-5-7-9(8)13-10(14)16-7/h4-6H,1-3H3,(H,13,14). The lowest BCUT2D eigenvalue weighted by molar-refractivity contribution is 0.0209. The first kappa shape index (κ1) is 12.2. The van der Waals surface area contributed by atoms with E-state index in [-0.39, 0.29) is 5.75 Å². The van der Waals surface area contributed by atoms with Gasteiger partial charge in [-0.3, -0.25) is 4.98 Å². The second kappa shape index (κ2) is 4.21. The summed E-state index contributed by atoms with van der Waals surface area (Å²) in [5, 5.41) is 0. The summed E-state index contributed by atoms with van der Waals surface area (Å²) >= 11 is 0. The van der Waals surface area contributed by atoms with Gasteiger partial charge in [0.05, 0.1) is 0 Å². The van der Waals surface area contributed by atoms with Crippen LogP contribution in [0.3, 0.4) is 0 Å². The van der Waals surface area contributed by atoms with E-state index in [1.54, 1.807) is 32.9 Å². The summed E-state index contributed by atoms with van der Waals surface area (Å²) in [5.74, 6) is -0.419. The van der Waals surface area contributed by atoms with Crippen LogP contribution in [0.2, 0.25) is 0 Å². The van der Waals surface area contributed by atoms with Crippen molar-refractivity contribution in [2.45, 2.75) is 26.4 Å². The molecular formula is C12H13NO5. The van der Waals surface area contributed by atoms with Gasteiger partial charge in [-0.1, -0.05) is 6.07 Å². The van der Waals surface area contributed by atoms with Gasteiger partial charge in [0.1, 0.15) is 11.1 Å². The van der Waals surface area contributed by atoms with Gasteiger partial charge in [0.15, 0.2) is 11.3 Å². The molecule has 0 radical (unpaired) electrons. The molecule has 6 nitrogen and oxygen atoms in total. The quantitative estimate of drug-likeness (QED) is 0.621. The fraction of sp³-hybridized carbons (Fsp3) is 0.333. The van der Waals surface area contributed by atoms with Crippen LogP contribution >= 0.6 is 0 Å². The van der Waals surface area contributed by atoms with Crippen LogP contribution in [0, 0.1) is 0 Å². The Morgan fingerprint density at radius 2 is 2.06 bits per heavy atom. The molecule has 0 bridgehead atoms. The molecule has 0 fully saturated rings. The second-order valence-corrected chi connectivity index (χ2v) is 4.71. The molecule has 0 aliphatic rings. The number of carbonyl (C=O) groups excluding carboxylic acids is 1. The van der Waals surface area contributed by atoms with E-state index in [1.807, 2.05) is 0 Å². The molecule has 0 saturated heterocycles. The predicted molar refractivity (Wildman–Crippen MR) is 63.7 cm³/mol. The fourth-order valence-corrected chi connectivity index (χ4v) is 1.39. The number of rotatable bonds is 1. The van der Waals surface area contributed by atoms with Crippen molar-refractivity contribution in [3.8, 4) is 5.75 Å². The lowest BCUT2D eigenvalue weighted by Crippen LogP contribution is -2.26. The van der Waals surface area contributed by atoms with Crippen LogP contribution < -0.4 is 10.5 Å². The molecule has 0 saturated carbocycles. The van der Waals surface area contributed by atoms with E-state index < -0.39 is 17.5 Å². The number of aromatic nitrogens is 1.